The van der Waals surface area contributed by atoms with Gasteiger partial charge in [-0.3, -0.25) is 9.59 Å². The summed E-state index contributed by atoms with van der Waals surface area (Å²) in [6.45, 7) is 11.0. The molecule has 0 aromatic rings. The molecular weight excluding hydrogens is 322 g/mol. The molecule has 2 atom stereocenters. The van der Waals surface area contributed by atoms with Gasteiger partial charge in [0.05, 0.1) is 6.61 Å². The summed E-state index contributed by atoms with van der Waals surface area (Å²) >= 11 is 0. The molecule has 144 valence electrons. The predicted octanol–water partition coefficient (Wildman–Crippen LogP) is 0.927. The zero-order valence-electron chi connectivity index (χ0n) is 16.3. The van der Waals surface area contributed by atoms with E-state index in [-0.39, 0.29) is 24.3 Å². The second kappa shape index (κ2) is 9.17. The minimum absolute atomic E-state index is 0.0728. The summed E-state index contributed by atoms with van der Waals surface area (Å²) < 4.78 is 4.91. The summed E-state index contributed by atoms with van der Waals surface area (Å²) in [7, 11) is 2.04. The molecule has 2 amide bonds. The lowest BCUT2D eigenvalue weighted by molar-refractivity contribution is -0.147. The van der Waals surface area contributed by atoms with Crippen LogP contribution in [0.3, 0.4) is 0 Å². The van der Waals surface area contributed by atoms with Crippen LogP contribution in [0.1, 0.15) is 47.5 Å². The number of hydrogen-bond donors (Lipinski definition) is 2. The Morgan fingerprint density at radius 3 is 2.20 bits per heavy atom. The SMILES string of the molecule is CCOC(=O)[C@H](C)NC(=O)[C@@H](NC(=O)C1CCN(C)CC1)C(C)(C)C. The number of hydrogen-bond acceptors (Lipinski definition) is 5. The minimum atomic E-state index is -0.752. The number of ether oxygens (including phenoxy) is 1. The quantitative estimate of drug-likeness (QED) is 0.692. The van der Waals surface area contributed by atoms with Crippen molar-refractivity contribution in [2.75, 3.05) is 26.7 Å². The van der Waals surface area contributed by atoms with E-state index >= 15 is 0 Å². The summed E-state index contributed by atoms with van der Waals surface area (Å²) in [6, 6.07) is -1.46. The summed E-state index contributed by atoms with van der Waals surface area (Å²) in [5.41, 5.74) is -0.473. The van der Waals surface area contributed by atoms with E-state index in [1.54, 1.807) is 13.8 Å². The summed E-state index contributed by atoms with van der Waals surface area (Å²) in [5, 5.41) is 5.55. The molecular formula is C18H33N3O4. The highest BCUT2D eigenvalue weighted by atomic mass is 16.5. The van der Waals surface area contributed by atoms with Crippen LogP contribution in [0.25, 0.3) is 0 Å². The van der Waals surface area contributed by atoms with Crippen LogP contribution in [0.5, 0.6) is 0 Å². The van der Waals surface area contributed by atoms with Gasteiger partial charge in [0, 0.05) is 5.92 Å². The molecule has 1 saturated heterocycles. The Labute approximate surface area is 150 Å². The van der Waals surface area contributed by atoms with Gasteiger partial charge in [-0.25, -0.2) is 4.79 Å². The maximum Gasteiger partial charge on any atom is 0.328 e. The van der Waals surface area contributed by atoms with Crippen molar-refractivity contribution in [3.63, 3.8) is 0 Å². The summed E-state index contributed by atoms with van der Waals surface area (Å²) in [6.07, 6.45) is 1.58. The van der Waals surface area contributed by atoms with E-state index in [4.69, 9.17) is 4.74 Å². The standard InChI is InChI=1S/C18H33N3O4/c1-7-25-17(24)12(2)19-16(23)14(18(3,4)5)20-15(22)13-8-10-21(6)11-9-13/h12-14H,7-11H2,1-6H3,(H,19,23)(H,20,22)/t12-,14+/m0/s1. The Bertz CT molecular complexity index is 479. The number of rotatable bonds is 6. The first-order valence-electron chi connectivity index (χ1n) is 9.02. The van der Waals surface area contributed by atoms with Crippen molar-refractivity contribution in [1.82, 2.24) is 15.5 Å². The largest absolute Gasteiger partial charge is 0.464 e. The number of likely N-dealkylation sites (tertiary alicyclic amines) is 1. The summed E-state index contributed by atoms with van der Waals surface area (Å²) in [5.74, 6) is -1.01. The first kappa shape index (κ1) is 21.4. The van der Waals surface area contributed by atoms with Gasteiger partial charge in [-0.15, -0.1) is 0 Å². The molecule has 1 aliphatic rings. The van der Waals surface area contributed by atoms with Crippen LogP contribution in [0.4, 0.5) is 0 Å². The Morgan fingerprint density at radius 2 is 1.72 bits per heavy atom. The van der Waals surface area contributed by atoms with Crippen LogP contribution in [0, 0.1) is 11.3 Å². The molecule has 1 rings (SSSR count). The molecule has 0 aromatic heterocycles. The third-order valence-corrected chi connectivity index (χ3v) is 4.50. The molecule has 1 heterocycles. The Balaban J connectivity index is 2.72. The third-order valence-electron chi connectivity index (χ3n) is 4.50. The average Bonchev–Trinajstić information content (AvgIpc) is 2.51. The minimum Gasteiger partial charge on any atom is -0.464 e. The van der Waals surface area contributed by atoms with Gasteiger partial charge in [0.1, 0.15) is 12.1 Å². The van der Waals surface area contributed by atoms with Gasteiger partial charge in [0.15, 0.2) is 0 Å². The van der Waals surface area contributed by atoms with Crippen molar-refractivity contribution >= 4 is 17.8 Å². The van der Waals surface area contributed by atoms with Crippen molar-refractivity contribution in [2.45, 2.75) is 59.5 Å². The fraction of sp³-hybridized carbons (Fsp3) is 0.833. The molecule has 1 aliphatic heterocycles. The zero-order valence-corrected chi connectivity index (χ0v) is 16.3. The highest BCUT2D eigenvalue weighted by molar-refractivity contribution is 5.91. The van der Waals surface area contributed by atoms with Gasteiger partial charge in [-0.2, -0.15) is 0 Å². The lowest BCUT2D eigenvalue weighted by Gasteiger charge is -2.34. The van der Waals surface area contributed by atoms with Gasteiger partial charge in [-0.1, -0.05) is 20.8 Å². The molecule has 2 N–H and O–H groups in total. The molecule has 0 aromatic carbocycles. The number of nitrogens with zero attached hydrogens (tertiary/aromatic N) is 1. The molecule has 7 nitrogen and oxygen atoms in total. The van der Waals surface area contributed by atoms with E-state index in [0.717, 1.165) is 25.9 Å². The fourth-order valence-electron chi connectivity index (χ4n) is 2.83. The molecule has 0 unspecified atom stereocenters. The van der Waals surface area contributed by atoms with Gasteiger partial charge >= 0.3 is 5.97 Å². The van der Waals surface area contributed by atoms with Crippen molar-refractivity contribution in [1.29, 1.82) is 0 Å². The lowest BCUT2D eigenvalue weighted by Crippen LogP contribution is -2.57. The van der Waals surface area contributed by atoms with Crippen LogP contribution >= 0.6 is 0 Å². The van der Waals surface area contributed by atoms with Crippen molar-refractivity contribution in [3.8, 4) is 0 Å². The lowest BCUT2D eigenvalue weighted by atomic mass is 9.85. The Morgan fingerprint density at radius 1 is 1.16 bits per heavy atom. The van der Waals surface area contributed by atoms with Crippen LogP contribution in [0.2, 0.25) is 0 Å². The molecule has 0 spiro atoms. The van der Waals surface area contributed by atoms with E-state index in [0.29, 0.717) is 0 Å². The molecule has 25 heavy (non-hydrogen) atoms. The fourth-order valence-corrected chi connectivity index (χ4v) is 2.83. The van der Waals surface area contributed by atoms with E-state index in [1.807, 2.05) is 27.8 Å². The molecule has 1 fully saturated rings. The topological polar surface area (TPSA) is 87.7 Å². The normalized spacial score (nSPS) is 19.0. The zero-order chi connectivity index (χ0) is 19.2. The second-order valence-electron chi connectivity index (χ2n) is 7.87. The number of esters is 1. The van der Waals surface area contributed by atoms with Gasteiger partial charge < -0.3 is 20.3 Å². The van der Waals surface area contributed by atoms with E-state index in [1.165, 1.54) is 0 Å². The van der Waals surface area contributed by atoms with E-state index in [2.05, 4.69) is 15.5 Å². The molecule has 0 radical (unpaired) electrons. The monoisotopic (exact) mass is 355 g/mol. The van der Waals surface area contributed by atoms with Gasteiger partial charge in [0.2, 0.25) is 11.8 Å². The van der Waals surface area contributed by atoms with Crippen LogP contribution in [0.15, 0.2) is 0 Å². The number of carbonyl (C=O) groups excluding carboxylic acids is 3. The molecule has 0 aliphatic carbocycles. The first-order valence-corrected chi connectivity index (χ1v) is 9.02. The molecule has 0 saturated carbocycles. The number of nitrogens with one attached hydrogen (secondary N) is 2. The number of amides is 2. The Kier molecular flexibility index (Phi) is 7.86. The highest BCUT2D eigenvalue weighted by Crippen LogP contribution is 2.22. The van der Waals surface area contributed by atoms with Crippen LogP contribution < -0.4 is 10.6 Å². The maximum absolute atomic E-state index is 12.6. The van der Waals surface area contributed by atoms with E-state index < -0.39 is 23.5 Å². The molecule has 0 bridgehead atoms. The predicted molar refractivity (Wildman–Crippen MR) is 95.8 cm³/mol. The highest BCUT2D eigenvalue weighted by Gasteiger charge is 2.36. The third kappa shape index (κ3) is 6.65. The van der Waals surface area contributed by atoms with E-state index in [9.17, 15) is 14.4 Å². The molecule has 7 heteroatoms. The van der Waals surface area contributed by atoms with Crippen molar-refractivity contribution < 1.29 is 19.1 Å². The first-order chi connectivity index (χ1) is 11.6. The average molecular weight is 355 g/mol. The maximum atomic E-state index is 12.6. The van der Waals surface area contributed by atoms with Crippen LogP contribution in [-0.4, -0.2) is 61.5 Å². The van der Waals surface area contributed by atoms with Crippen molar-refractivity contribution in [2.24, 2.45) is 11.3 Å². The van der Waals surface area contributed by atoms with Gasteiger partial charge in [0.25, 0.3) is 0 Å². The van der Waals surface area contributed by atoms with Crippen LogP contribution in [-0.2, 0) is 19.1 Å². The van der Waals surface area contributed by atoms with Gasteiger partial charge in [-0.05, 0) is 52.2 Å². The van der Waals surface area contributed by atoms with Crippen molar-refractivity contribution in [3.05, 3.63) is 0 Å². The smallest absolute Gasteiger partial charge is 0.328 e. The second-order valence-corrected chi connectivity index (χ2v) is 7.87. The number of carbonyl (C=O) groups is 3. The summed E-state index contributed by atoms with van der Waals surface area (Å²) in [4.78, 5) is 39.1. The number of piperidine rings is 1. The Hall–Kier alpha value is -1.63.